The van der Waals surface area contributed by atoms with E-state index in [0.717, 1.165) is 12.2 Å². The number of nitrogens with one attached hydrogen (secondary N) is 1. The predicted octanol–water partition coefficient (Wildman–Crippen LogP) is 1.99. The Bertz CT molecular complexity index is 474. The lowest BCUT2D eigenvalue weighted by Crippen LogP contribution is -2.32. The van der Waals surface area contributed by atoms with Crippen molar-refractivity contribution >= 4 is 11.6 Å². The molecule has 1 heterocycles. The quantitative estimate of drug-likeness (QED) is 0.895. The maximum atomic E-state index is 12.5. The zero-order chi connectivity index (χ0) is 14.5. The molecule has 0 saturated carbocycles. The van der Waals surface area contributed by atoms with E-state index in [2.05, 4.69) is 5.32 Å². The Morgan fingerprint density at radius 1 is 1.50 bits per heavy atom. The van der Waals surface area contributed by atoms with Crippen LogP contribution in [0.5, 0.6) is 5.75 Å². The van der Waals surface area contributed by atoms with Gasteiger partial charge in [-0.25, -0.2) is 0 Å². The number of carbonyl (C=O) groups is 1. The van der Waals surface area contributed by atoms with Crippen molar-refractivity contribution in [2.24, 2.45) is 0 Å². The summed E-state index contributed by atoms with van der Waals surface area (Å²) in [7, 11) is 1.78. The molecule has 1 aliphatic rings. The molecule has 110 valence electrons. The van der Waals surface area contributed by atoms with Gasteiger partial charge in [-0.15, -0.1) is 0 Å². The van der Waals surface area contributed by atoms with Crippen LogP contribution in [0.2, 0.25) is 0 Å². The molecular formula is C15H22N2O3. The van der Waals surface area contributed by atoms with Gasteiger partial charge in [-0.3, -0.25) is 4.79 Å². The number of rotatable bonds is 5. The summed E-state index contributed by atoms with van der Waals surface area (Å²) in [5.74, 6) is 0.610. The smallest absolute Gasteiger partial charge is 0.257 e. The van der Waals surface area contributed by atoms with Crippen molar-refractivity contribution in [3.05, 3.63) is 23.8 Å². The minimum atomic E-state index is -0.0436. The summed E-state index contributed by atoms with van der Waals surface area (Å²) in [4.78, 5) is 14.1. The average Bonchev–Trinajstić information content (AvgIpc) is 2.45. The van der Waals surface area contributed by atoms with Crippen molar-refractivity contribution in [2.45, 2.75) is 20.0 Å². The van der Waals surface area contributed by atoms with Crippen LogP contribution in [0.3, 0.4) is 0 Å². The number of amides is 1. The Kier molecular flexibility index (Phi) is 4.84. The highest BCUT2D eigenvalue weighted by molar-refractivity contribution is 5.98. The molecule has 0 fully saturated rings. The molecule has 0 radical (unpaired) electrons. The van der Waals surface area contributed by atoms with Crippen LogP contribution in [-0.4, -0.2) is 50.3 Å². The maximum absolute atomic E-state index is 12.5. The first-order valence-electron chi connectivity index (χ1n) is 6.96. The molecule has 5 nitrogen and oxygen atoms in total. The van der Waals surface area contributed by atoms with Crippen LogP contribution < -0.4 is 10.1 Å². The summed E-state index contributed by atoms with van der Waals surface area (Å²) in [6.07, 6.45) is 0.176. The lowest BCUT2D eigenvalue weighted by atomic mass is 10.1. The second-order valence-corrected chi connectivity index (χ2v) is 5.10. The van der Waals surface area contributed by atoms with Crippen molar-refractivity contribution in [2.75, 3.05) is 38.7 Å². The Balaban J connectivity index is 2.05. The summed E-state index contributed by atoms with van der Waals surface area (Å²) in [5, 5.41) is 3.23. The minimum Gasteiger partial charge on any atom is -0.489 e. The Morgan fingerprint density at radius 2 is 2.30 bits per heavy atom. The fourth-order valence-corrected chi connectivity index (χ4v) is 2.07. The number of hydrogen-bond acceptors (Lipinski definition) is 4. The van der Waals surface area contributed by atoms with Crippen molar-refractivity contribution in [1.82, 2.24) is 4.90 Å². The first-order valence-corrected chi connectivity index (χ1v) is 6.96. The van der Waals surface area contributed by atoms with Gasteiger partial charge in [0.25, 0.3) is 5.91 Å². The second kappa shape index (κ2) is 6.61. The number of benzene rings is 1. The van der Waals surface area contributed by atoms with Gasteiger partial charge in [-0.05, 0) is 26.0 Å². The largest absolute Gasteiger partial charge is 0.489 e. The maximum Gasteiger partial charge on any atom is 0.257 e. The van der Waals surface area contributed by atoms with Gasteiger partial charge in [0.05, 0.1) is 24.0 Å². The van der Waals surface area contributed by atoms with Crippen LogP contribution >= 0.6 is 0 Å². The number of carbonyl (C=O) groups excluding carboxylic acids is 1. The van der Waals surface area contributed by atoms with E-state index >= 15 is 0 Å². The van der Waals surface area contributed by atoms with E-state index in [1.54, 1.807) is 18.0 Å². The van der Waals surface area contributed by atoms with E-state index in [0.29, 0.717) is 31.1 Å². The van der Waals surface area contributed by atoms with Gasteiger partial charge in [0.1, 0.15) is 6.61 Å². The van der Waals surface area contributed by atoms with Gasteiger partial charge < -0.3 is 19.7 Å². The number of para-hydroxylation sites is 1. The molecule has 1 aromatic carbocycles. The molecule has 1 aromatic rings. The van der Waals surface area contributed by atoms with E-state index in [-0.39, 0.29) is 12.0 Å². The molecule has 0 aromatic heterocycles. The third-order valence-electron chi connectivity index (χ3n) is 3.13. The topological polar surface area (TPSA) is 50.8 Å². The van der Waals surface area contributed by atoms with Crippen molar-refractivity contribution < 1.29 is 14.3 Å². The highest BCUT2D eigenvalue weighted by Gasteiger charge is 2.21. The summed E-state index contributed by atoms with van der Waals surface area (Å²) >= 11 is 0. The molecule has 5 heteroatoms. The van der Waals surface area contributed by atoms with E-state index in [4.69, 9.17) is 9.47 Å². The Hall–Kier alpha value is -1.75. The lowest BCUT2D eigenvalue weighted by molar-refractivity contribution is 0.0530. The summed E-state index contributed by atoms with van der Waals surface area (Å²) in [6, 6.07) is 5.59. The van der Waals surface area contributed by atoms with E-state index in [1.165, 1.54) is 0 Å². The molecule has 1 N–H and O–H groups in total. The standard InChI is InChI=1S/C15H22N2O3/c1-11(2)19-10-8-17(3)15(18)12-5-4-6-13-14(12)20-9-7-16-13/h4-6,11,16H,7-10H2,1-3H3. The van der Waals surface area contributed by atoms with Gasteiger partial charge in [0, 0.05) is 20.1 Å². The van der Waals surface area contributed by atoms with Crippen molar-refractivity contribution in [3.63, 3.8) is 0 Å². The van der Waals surface area contributed by atoms with Crippen LogP contribution in [0.15, 0.2) is 18.2 Å². The zero-order valence-electron chi connectivity index (χ0n) is 12.3. The average molecular weight is 278 g/mol. The van der Waals surface area contributed by atoms with Crippen molar-refractivity contribution in [1.29, 1.82) is 0 Å². The molecule has 20 heavy (non-hydrogen) atoms. The highest BCUT2D eigenvalue weighted by atomic mass is 16.5. The molecule has 0 bridgehead atoms. The zero-order valence-corrected chi connectivity index (χ0v) is 12.3. The fourth-order valence-electron chi connectivity index (χ4n) is 2.07. The van der Waals surface area contributed by atoms with Gasteiger partial charge in [0.2, 0.25) is 0 Å². The Morgan fingerprint density at radius 3 is 3.05 bits per heavy atom. The first-order chi connectivity index (χ1) is 9.59. The number of fused-ring (bicyclic) bond motifs is 1. The monoisotopic (exact) mass is 278 g/mol. The number of hydrogen-bond donors (Lipinski definition) is 1. The summed E-state index contributed by atoms with van der Waals surface area (Å²) < 4.78 is 11.1. The molecule has 2 rings (SSSR count). The van der Waals surface area contributed by atoms with Crippen LogP contribution in [0.4, 0.5) is 5.69 Å². The van der Waals surface area contributed by atoms with Crippen LogP contribution in [-0.2, 0) is 4.74 Å². The highest BCUT2D eigenvalue weighted by Crippen LogP contribution is 2.31. The molecular weight excluding hydrogens is 256 g/mol. The Labute approximate surface area is 119 Å². The number of anilines is 1. The first kappa shape index (κ1) is 14.7. The predicted molar refractivity (Wildman–Crippen MR) is 78.5 cm³/mol. The van der Waals surface area contributed by atoms with Gasteiger partial charge >= 0.3 is 0 Å². The molecule has 1 amide bonds. The molecule has 0 spiro atoms. The van der Waals surface area contributed by atoms with Crippen LogP contribution in [0.1, 0.15) is 24.2 Å². The third-order valence-corrected chi connectivity index (χ3v) is 3.13. The summed E-state index contributed by atoms with van der Waals surface area (Å²) in [6.45, 7) is 6.41. The molecule has 1 aliphatic heterocycles. The lowest BCUT2D eigenvalue weighted by Gasteiger charge is -2.24. The third kappa shape index (κ3) is 3.42. The van der Waals surface area contributed by atoms with Crippen LogP contribution in [0, 0.1) is 0 Å². The summed E-state index contributed by atoms with van der Waals surface area (Å²) in [5.41, 5.74) is 1.48. The van der Waals surface area contributed by atoms with E-state index < -0.39 is 0 Å². The number of likely N-dealkylation sites (N-methyl/N-ethyl adjacent to an activating group) is 1. The fraction of sp³-hybridized carbons (Fsp3) is 0.533. The van der Waals surface area contributed by atoms with Gasteiger partial charge in [-0.1, -0.05) is 6.07 Å². The molecule has 0 aliphatic carbocycles. The van der Waals surface area contributed by atoms with E-state index in [9.17, 15) is 4.79 Å². The van der Waals surface area contributed by atoms with Gasteiger partial charge in [0.15, 0.2) is 5.75 Å². The number of ether oxygens (including phenoxy) is 2. The number of nitrogens with zero attached hydrogens (tertiary/aromatic N) is 1. The normalized spacial score (nSPS) is 13.4. The molecule has 0 saturated heterocycles. The van der Waals surface area contributed by atoms with E-state index in [1.807, 2.05) is 26.0 Å². The second-order valence-electron chi connectivity index (χ2n) is 5.10. The SMILES string of the molecule is CC(C)OCCN(C)C(=O)c1cccc2c1OCCN2. The molecule has 0 atom stereocenters. The van der Waals surface area contributed by atoms with Gasteiger partial charge in [-0.2, -0.15) is 0 Å². The van der Waals surface area contributed by atoms with Crippen LogP contribution in [0.25, 0.3) is 0 Å². The van der Waals surface area contributed by atoms with Crippen molar-refractivity contribution in [3.8, 4) is 5.75 Å². The minimum absolute atomic E-state index is 0.0436. The molecule has 0 unspecified atom stereocenters.